The lowest BCUT2D eigenvalue weighted by molar-refractivity contribution is -0.115. The smallest absolute Gasteiger partial charge is 0.237 e. The second-order valence-electron chi connectivity index (χ2n) is 6.25. The Balaban J connectivity index is 1.64. The van der Waals surface area contributed by atoms with E-state index >= 15 is 0 Å². The van der Waals surface area contributed by atoms with Crippen LogP contribution in [0.15, 0.2) is 59.8 Å². The maximum atomic E-state index is 13.8. The number of para-hydroxylation sites is 2. The Hall–Kier alpha value is -2.93. The van der Waals surface area contributed by atoms with E-state index in [2.05, 4.69) is 15.5 Å². The molecule has 2 aromatic carbocycles. The number of amides is 1. The standard InChI is InChI=1S/C20H17FN4OS/c1-12-11-18-23-24-20(25(18)17-10-6-3-7-14(12)17)27-13(2)19(26)22-16-9-5-4-8-15(16)21/h3-11,13H,1-2H3,(H,22,26)/t13-/m1/s1. The van der Waals surface area contributed by atoms with Crippen LogP contribution < -0.4 is 5.32 Å². The van der Waals surface area contributed by atoms with Crippen molar-refractivity contribution in [2.45, 2.75) is 24.3 Å². The fourth-order valence-electron chi connectivity index (χ4n) is 2.96. The topological polar surface area (TPSA) is 59.3 Å². The third-order valence-electron chi connectivity index (χ3n) is 4.36. The minimum atomic E-state index is -0.475. The largest absolute Gasteiger partial charge is 0.323 e. The van der Waals surface area contributed by atoms with E-state index in [-0.39, 0.29) is 11.6 Å². The van der Waals surface area contributed by atoms with E-state index in [1.807, 2.05) is 41.7 Å². The third kappa shape index (κ3) is 3.26. The van der Waals surface area contributed by atoms with E-state index in [1.54, 1.807) is 19.1 Å². The van der Waals surface area contributed by atoms with Gasteiger partial charge >= 0.3 is 0 Å². The number of aromatic nitrogens is 3. The molecule has 5 nitrogen and oxygen atoms in total. The van der Waals surface area contributed by atoms with Gasteiger partial charge in [0.15, 0.2) is 10.8 Å². The summed E-state index contributed by atoms with van der Waals surface area (Å²) < 4.78 is 15.7. The number of hydrogen-bond acceptors (Lipinski definition) is 4. The van der Waals surface area contributed by atoms with Gasteiger partial charge in [0.2, 0.25) is 5.91 Å². The van der Waals surface area contributed by atoms with Gasteiger partial charge in [0.25, 0.3) is 0 Å². The highest BCUT2D eigenvalue weighted by molar-refractivity contribution is 8.00. The van der Waals surface area contributed by atoms with Gasteiger partial charge in [-0.1, -0.05) is 42.1 Å². The van der Waals surface area contributed by atoms with Gasteiger partial charge in [-0.2, -0.15) is 0 Å². The molecule has 0 bridgehead atoms. The SMILES string of the molecule is Cc1cc2nnc(S[C@H](C)C(=O)Nc3ccccc3F)n2c2ccccc12. The lowest BCUT2D eigenvalue weighted by Crippen LogP contribution is -2.23. The Labute approximate surface area is 159 Å². The molecule has 1 amide bonds. The van der Waals surface area contributed by atoms with E-state index < -0.39 is 11.1 Å². The van der Waals surface area contributed by atoms with Gasteiger partial charge in [-0.15, -0.1) is 10.2 Å². The molecule has 27 heavy (non-hydrogen) atoms. The molecule has 2 aromatic heterocycles. The molecule has 0 fully saturated rings. The van der Waals surface area contributed by atoms with Crippen molar-refractivity contribution < 1.29 is 9.18 Å². The maximum absolute atomic E-state index is 13.8. The Morgan fingerprint density at radius 2 is 1.89 bits per heavy atom. The van der Waals surface area contributed by atoms with Crippen LogP contribution in [0.3, 0.4) is 0 Å². The van der Waals surface area contributed by atoms with Crippen molar-refractivity contribution in [1.29, 1.82) is 0 Å². The van der Waals surface area contributed by atoms with Crippen LogP contribution in [-0.4, -0.2) is 25.8 Å². The van der Waals surface area contributed by atoms with Crippen molar-refractivity contribution in [2.24, 2.45) is 0 Å². The summed E-state index contributed by atoms with van der Waals surface area (Å²) >= 11 is 1.29. The molecule has 0 saturated heterocycles. The van der Waals surface area contributed by atoms with Crippen molar-refractivity contribution in [3.63, 3.8) is 0 Å². The maximum Gasteiger partial charge on any atom is 0.237 e. The Morgan fingerprint density at radius 3 is 2.70 bits per heavy atom. The van der Waals surface area contributed by atoms with Crippen LogP contribution >= 0.6 is 11.8 Å². The van der Waals surface area contributed by atoms with Gasteiger partial charge < -0.3 is 5.32 Å². The summed E-state index contributed by atoms with van der Waals surface area (Å²) in [7, 11) is 0. The molecule has 7 heteroatoms. The lowest BCUT2D eigenvalue weighted by Gasteiger charge is -2.12. The summed E-state index contributed by atoms with van der Waals surface area (Å²) in [6, 6.07) is 16.1. The number of fused-ring (bicyclic) bond motifs is 3. The van der Waals surface area contributed by atoms with Gasteiger partial charge in [0.1, 0.15) is 5.82 Å². The first kappa shape index (κ1) is 17.5. The molecule has 0 spiro atoms. The molecule has 0 aliphatic rings. The number of carbonyl (C=O) groups excluding carboxylic acids is 1. The number of thioether (sulfide) groups is 1. The van der Waals surface area contributed by atoms with Crippen molar-refractivity contribution in [2.75, 3.05) is 5.32 Å². The molecule has 0 radical (unpaired) electrons. The molecular formula is C20H17FN4OS. The molecule has 0 aliphatic heterocycles. The van der Waals surface area contributed by atoms with Gasteiger partial charge in [0.05, 0.1) is 16.5 Å². The quantitative estimate of drug-likeness (QED) is 0.532. The molecule has 4 aromatic rings. The zero-order valence-electron chi connectivity index (χ0n) is 14.8. The van der Waals surface area contributed by atoms with Crippen LogP contribution in [0.1, 0.15) is 12.5 Å². The number of halogens is 1. The number of rotatable bonds is 4. The Bertz CT molecular complexity index is 1160. The number of anilines is 1. The highest BCUT2D eigenvalue weighted by atomic mass is 32.2. The van der Waals surface area contributed by atoms with Crippen molar-refractivity contribution in [3.05, 3.63) is 66.0 Å². The van der Waals surface area contributed by atoms with E-state index in [4.69, 9.17) is 0 Å². The number of nitrogens with zero attached hydrogens (tertiary/aromatic N) is 3. The second-order valence-corrected chi connectivity index (χ2v) is 7.56. The molecule has 0 unspecified atom stereocenters. The number of carbonyl (C=O) groups is 1. The number of aryl methyl sites for hydroxylation is 1. The van der Waals surface area contributed by atoms with Crippen molar-refractivity contribution in [3.8, 4) is 0 Å². The van der Waals surface area contributed by atoms with Gasteiger partial charge in [0, 0.05) is 5.39 Å². The second kappa shape index (κ2) is 7.00. The molecule has 4 rings (SSSR count). The molecule has 1 N–H and O–H groups in total. The predicted molar refractivity (Wildman–Crippen MR) is 106 cm³/mol. The highest BCUT2D eigenvalue weighted by Gasteiger charge is 2.20. The van der Waals surface area contributed by atoms with Crippen LogP contribution in [0.25, 0.3) is 16.6 Å². The molecule has 2 heterocycles. The van der Waals surface area contributed by atoms with Crippen LogP contribution in [0.5, 0.6) is 0 Å². The first-order valence-corrected chi connectivity index (χ1v) is 9.38. The summed E-state index contributed by atoms with van der Waals surface area (Å²) in [5.41, 5.74) is 3.01. The van der Waals surface area contributed by atoms with Crippen LogP contribution in [-0.2, 0) is 4.79 Å². The number of benzene rings is 2. The Morgan fingerprint density at radius 1 is 1.15 bits per heavy atom. The van der Waals surface area contributed by atoms with Crippen LogP contribution in [0.4, 0.5) is 10.1 Å². The van der Waals surface area contributed by atoms with Gasteiger partial charge in [-0.05, 0) is 43.7 Å². The molecular weight excluding hydrogens is 363 g/mol. The monoisotopic (exact) mass is 380 g/mol. The van der Waals surface area contributed by atoms with Gasteiger partial charge in [-0.25, -0.2) is 4.39 Å². The summed E-state index contributed by atoms with van der Waals surface area (Å²) in [4.78, 5) is 12.5. The normalized spacial score (nSPS) is 12.4. The summed E-state index contributed by atoms with van der Waals surface area (Å²) in [5.74, 6) is -0.754. The van der Waals surface area contributed by atoms with Crippen molar-refractivity contribution in [1.82, 2.24) is 14.6 Å². The average molecular weight is 380 g/mol. The van der Waals surface area contributed by atoms with E-state index in [1.165, 1.54) is 23.9 Å². The molecule has 0 aliphatic carbocycles. The van der Waals surface area contributed by atoms with E-state index in [0.717, 1.165) is 22.1 Å². The van der Waals surface area contributed by atoms with E-state index in [0.29, 0.717) is 5.16 Å². The van der Waals surface area contributed by atoms with Crippen molar-refractivity contribution >= 4 is 39.9 Å². The predicted octanol–water partition coefficient (Wildman–Crippen LogP) is 4.45. The zero-order valence-corrected chi connectivity index (χ0v) is 15.6. The zero-order chi connectivity index (χ0) is 19.0. The molecule has 0 saturated carbocycles. The number of pyridine rings is 1. The molecule has 1 atom stereocenters. The number of hydrogen-bond donors (Lipinski definition) is 1. The number of nitrogens with one attached hydrogen (secondary N) is 1. The minimum absolute atomic E-state index is 0.169. The highest BCUT2D eigenvalue weighted by Crippen LogP contribution is 2.28. The van der Waals surface area contributed by atoms with Gasteiger partial charge in [-0.3, -0.25) is 9.20 Å². The van der Waals surface area contributed by atoms with E-state index in [9.17, 15) is 9.18 Å². The summed E-state index contributed by atoms with van der Waals surface area (Å²) in [6.07, 6.45) is 0. The average Bonchev–Trinajstić information content (AvgIpc) is 3.06. The summed E-state index contributed by atoms with van der Waals surface area (Å²) in [5, 5.41) is 12.4. The fraction of sp³-hybridized carbons (Fsp3) is 0.150. The van der Waals surface area contributed by atoms with Crippen LogP contribution in [0, 0.1) is 12.7 Å². The summed E-state index contributed by atoms with van der Waals surface area (Å²) in [6.45, 7) is 3.80. The fourth-order valence-corrected chi connectivity index (χ4v) is 3.83. The third-order valence-corrected chi connectivity index (χ3v) is 5.40. The minimum Gasteiger partial charge on any atom is -0.323 e. The molecule has 136 valence electrons. The van der Waals surface area contributed by atoms with Crippen LogP contribution in [0.2, 0.25) is 0 Å². The lowest BCUT2D eigenvalue weighted by atomic mass is 10.1. The first-order valence-electron chi connectivity index (χ1n) is 8.50. The first-order chi connectivity index (χ1) is 13.0. The Kier molecular flexibility index (Phi) is 4.53.